The highest BCUT2D eigenvalue weighted by molar-refractivity contribution is 5.81. The largest absolute Gasteiger partial charge is 0.606 e. The number of unbranched alkanes of at least 4 members (excludes halogenated alkanes) is 17. The van der Waals surface area contributed by atoms with E-state index in [1.54, 1.807) is 0 Å². The Morgan fingerprint density at radius 1 is 0.641 bits per heavy atom. The molecule has 39 heavy (non-hydrogen) atoms. The summed E-state index contributed by atoms with van der Waals surface area (Å²) >= 11 is 0. The molecule has 0 fully saturated rings. The lowest BCUT2D eigenvalue weighted by atomic mass is 10.0. The third-order valence-electron chi connectivity index (χ3n) is 7.62. The van der Waals surface area contributed by atoms with Crippen LogP contribution in [0.4, 0.5) is 0 Å². The Hall–Kier alpha value is -1.18. The van der Waals surface area contributed by atoms with Crippen molar-refractivity contribution in [2.75, 3.05) is 19.6 Å². The molecule has 0 radical (unpaired) electrons. The lowest BCUT2D eigenvalue weighted by Crippen LogP contribution is -2.57. The first-order valence-electron chi connectivity index (χ1n) is 16.8. The zero-order valence-corrected chi connectivity index (χ0v) is 26.2. The lowest BCUT2D eigenvalue weighted by Gasteiger charge is -2.41. The molecule has 0 aromatic carbocycles. The van der Waals surface area contributed by atoms with Crippen LogP contribution in [-0.4, -0.2) is 42.2 Å². The highest BCUT2D eigenvalue weighted by atomic mass is 16.6. The number of amides is 2. The second kappa shape index (κ2) is 27.0. The van der Waals surface area contributed by atoms with Crippen LogP contribution in [0.1, 0.15) is 168 Å². The topological polar surface area (TPSA) is 107 Å². The van der Waals surface area contributed by atoms with Crippen molar-refractivity contribution in [2.45, 2.75) is 174 Å². The molecule has 0 aliphatic rings. The average Bonchev–Trinajstić information content (AvgIpc) is 2.91. The number of hydroxylamine groups is 2. The van der Waals surface area contributed by atoms with Gasteiger partial charge < -0.3 is 16.3 Å². The molecule has 2 unspecified atom stereocenters. The van der Waals surface area contributed by atoms with E-state index in [4.69, 9.17) is 5.73 Å². The number of carbonyl (C=O) groups is 2. The molecule has 2 amide bonds. The van der Waals surface area contributed by atoms with Gasteiger partial charge in [-0.25, -0.2) is 5.43 Å². The van der Waals surface area contributed by atoms with Crippen molar-refractivity contribution >= 4 is 11.8 Å². The summed E-state index contributed by atoms with van der Waals surface area (Å²) in [6, 6.07) is -0.489. The third kappa shape index (κ3) is 24.3. The van der Waals surface area contributed by atoms with Gasteiger partial charge in [0.25, 0.3) is 5.91 Å². The highest BCUT2D eigenvalue weighted by Gasteiger charge is 2.20. The van der Waals surface area contributed by atoms with Crippen molar-refractivity contribution in [3.63, 3.8) is 0 Å². The first-order valence-corrected chi connectivity index (χ1v) is 16.8. The normalized spacial score (nSPS) is 13.7. The summed E-state index contributed by atoms with van der Waals surface area (Å²) in [5.41, 5.74) is 8.77. The van der Waals surface area contributed by atoms with E-state index in [0.29, 0.717) is 38.8 Å². The van der Waals surface area contributed by atoms with E-state index in [-0.39, 0.29) is 18.4 Å². The Balaban J connectivity index is 3.94. The van der Waals surface area contributed by atoms with Crippen LogP contribution in [-0.2, 0) is 9.59 Å². The predicted octanol–water partition coefficient (Wildman–Crippen LogP) is 7.81. The Morgan fingerprint density at radius 3 is 1.59 bits per heavy atom. The quantitative estimate of drug-likeness (QED) is 0.0498. The van der Waals surface area contributed by atoms with Crippen molar-refractivity contribution in [3.05, 3.63) is 5.21 Å². The van der Waals surface area contributed by atoms with Gasteiger partial charge in [-0.2, -0.15) is 0 Å². The number of quaternary nitrogens is 1. The zero-order valence-electron chi connectivity index (χ0n) is 26.2. The molecular weight excluding hydrogens is 488 g/mol. The molecule has 0 rings (SSSR count). The Morgan fingerprint density at radius 2 is 1.10 bits per heavy atom. The van der Waals surface area contributed by atoms with E-state index in [0.717, 1.165) is 32.1 Å². The molecule has 0 saturated carbocycles. The highest BCUT2D eigenvalue weighted by Crippen LogP contribution is 2.13. The number of hydrogen-bond donors (Lipinski definition) is 3. The van der Waals surface area contributed by atoms with Crippen LogP contribution in [0, 0.1) is 5.21 Å². The van der Waals surface area contributed by atoms with Gasteiger partial charge in [0.05, 0.1) is 6.04 Å². The molecule has 0 aliphatic carbocycles. The number of rotatable bonds is 29. The standard InChI is InChI=1S/C32H66N4O3/c1-4-7-9-11-13-15-17-18-20-22-25-30(33)32(38)34-27-24-29-36(39,28-6-3)35-31(37)26-23-21-19-16-14-12-10-8-5-2/h30H,4-29,33H2,1-3H3,(H,34,38)(H,35,37). The van der Waals surface area contributed by atoms with Gasteiger partial charge >= 0.3 is 0 Å². The summed E-state index contributed by atoms with van der Waals surface area (Å²) < 4.78 is -0.715. The minimum atomic E-state index is -0.715. The molecule has 0 aromatic rings. The van der Waals surface area contributed by atoms with E-state index in [2.05, 4.69) is 24.6 Å². The molecule has 7 nitrogen and oxygen atoms in total. The molecule has 0 saturated heterocycles. The van der Waals surface area contributed by atoms with Crippen LogP contribution >= 0.6 is 0 Å². The fraction of sp³-hybridized carbons (Fsp3) is 0.938. The lowest BCUT2D eigenvalue weighted by molar-refractivity contribution is -0.915. The third-order valence-corrected chi connectivity index (χ3v) is 7.62. The Bertz CT molecular complexity index is 576. The molecule has 0 aliphatic heterocycles. The maximum atomic E-state index is 13.1. The summed E-state index contributed by atoms with van der Waals surface area (Å²) in [7, 11) is 0. The summed E-state index contributed by atoms with van der Waals surface area (Å²) in [6.07, 6.45) is 25.7. The summed E-state index contributed by atoms with van der Waals surface area (Å²) in [6.45, 7) is 7.43. The van der Waals surface area contributed by atoms with Gasteiger partial charge in [-0.3, -0.25) is 14.3 Å². The number of hydrogen-bond acceptors (Lipinski definition) is 4. The minimum absolute atomic E-state index is 0.139. The van der Waals surface area contributed by atoms with Crippen molar-refractivity contribution in [1.82, 2.24) is 10.7 Å². The van der Waals surface area contributed by atoms with Crippen LogP contribution in [0.5, 0.6) is 0 Å². The monoisotopic (exact) mass is 555 g/mol. The number of carbonyl (C=O) groups excluding carboxylic acids is 2. The molecule has 7 heteroatoms. The van der Waals surface area contributed by atoms with E-state index in [9.17, 15) is 14.8 Å². The van der Waals surface area contributed by atoms with Gasteiger partial charge in [-0.1, -0.05) is 136 Å². The van der Waals surface area contributed by atoms with Crippen LogP contribution in [0.3, 0.4) is 0 Å². The van der Waals surface area contributed by atoms with Gasteiger partial charge in [-0.15, -0.1) is 0 Å². The SMILES string of the molecule is CCCCCCCCCCCCC(N)C(=O)NCCC[N+]([O-])(CCC)NC(=O)CCCCCCCCCCC. The number of nitrogens with one attached hydrogen (secondary N) is 2. The van der Waals surface area contributed by atoms with Gasteiger partial charge in [0.15, 0.2) is 0 Å². The molecule has 4 N–H and O–H groups in total. The summed E-state index contributed by atoms with van der Waals surface area (Å²) in [5, 5.41) is 16.0. The minimum Gasteiger partial charge on any atom is -0.606 e. The van der Waals surface area contributed by atoms with Gasteiger partial charge in [-0.05, 0) is 19.3 Å². The second-order valence-corrected chi connectivity index (χ2v) is 11.7. The van der Waals surface area contributed by atoms with E-state index in [1.807, 2.05) is 6.92 Å². The summed E-state index contributed by atoms with van der Waals surface area (Å²) in [4.78, 5) is 24.7. The molecule has 2 atom stereocenters. The predicted molar refractivity (Wildman–Crippen MR) is 166 cm³/mol. The molecule has 0 heterocycles. The zero-order chi connectivity index (χ0) is 29.0. The molecule has 0 aromatic heterocycles. The van der Waals surface area contributed by atoms with Crippen LogP contribution in [0.2, 0.25) is 0 Å². The molecule has 0 bridgehead atoms. The van der Waals surface area contributed by atoms with Crippen LogP contribution in [0.15, 0.2) is 0 Å². The smallest absolute Gasteiger partial charge is 0.265 e. The van der Waals surface area contributed by atoms with E-state index < -0.39 is 10.8 Å². The Labute approximate surface area is 242 Å². The van der Waals surface area contributed by atoms with Gasteiger partial charge in [0.2, 0.25) is 5.91 Å². The first kappa shape index (κ1) is 37.8. The first-order chi connectivity index (χ1) is 18.9. The fourth-order valence-corrected chi connectivity index (χ4v) is 5.12. The van der Waals surface area contributed by atoms with Crippen LogP contribution in [0.25, 0.3) is 0 Å². The van der Waals surface area contributed by atoms with Crippen molar-refractivity contribution in [2.24, 2.45) is 5.73 Å². The van der Waals surface area contributed by atoms with Crippen molar-refractivity contribution in [3.8, 4) is 0 Å². The Kier molecular flexibility index (Phi) is 26.2. The van der Waals surface area contributed by atoms with Gasteiger partial charge in [0, 0.05) is 19.4 Å². The number of nitrogens with zero attached hydrogens (tertiary/aromatic N) is 1. The van der Waals surface area contributed by atoms with Crippen molar-refractivity contribution in [1.29, 1.82) is 0 Å². The fourth-order valence-electron chi connectivity index (χ4n) is 5.12. The van der Waals surface area contributed by atoms with Crippen LogP contribution < -0.4 is 16.5 Å². The van der Waals surface area contributed by atoms with E-state index >= 15 is 0 Å². The van der Waals surface area contributed by atoms with E-state index in [1.165, 1.54) is 89.9 Å². The second-order valence-electron chi connectivity index (χ2n) is 11.7. The average molecular weight is 555 g/mol. The molecule has 0 spiro atoms. The maximum Gasteiger partial charge on any atom is 0.265 e. The van der Waals surface area contributed by atoms with Gasteiger partial charge in [0.1, 0.15) is 13.1 Å². The molecule has 232 valence electrons. The number of nitrogens with two attached hydrogens (primary N) is 1. The maximum absolute atomic E-state index is 13.1. The molecular formula is C32H66N4O3. The summed E-state index contributed by atoms with van der Waals surface area (Å²) in [5.74, 6) is -0.302. The van der Waals surface area contributed by atoms with Crippen molar-refractivity contribution < 1.29 is 14.3 Å².